The number of alkyl carbamates (subject to hydrolysis) is 1. The number of alkyl halides is 3. The zero-order valence-electron chi connectivity index (χ0n) is 37.4. The minimum absolute atomic E-state index is 0.0450. The zero-order valence-corrected chi connectivity index (χ0v) is 42.7. The molecule has 3 saturated heterocycles. The van der Waals surface area contributed by atoms with Crippen molar-refractivity contribution in [1.29, 1.82) is 0 Å². The van der Waals surface area contributed by atoms with Crippen LogP contribution in [0.25, 0.3) is 10.9 Å². The van der Waals surface area contributed by atoms with Crippen LogP contribution in [0.3, 0.4) is 0 Å². The number of benzene rings is 1. The van der Waals surface area contributed by atoms with E-state index in [1.165, 1.54) is 4.90 Å². The van der Waals surface area contributed by atoms with Crippen LogP contribution >= 0.6 is 31.9 Å². The number of nitrogens with one attached hydrogen (secondary N) is 2. The molecule has 5 heterocycles. The van der Waals surface area contributed by atoms with Gasteiger partial charge in [0.05, 0.1) is 11.2 Å². The van der Waals surface area contributed by atoms with Crippen LogP contribution < -0.4 is 41.3 Å². The van der Waals surface area contributed by atoms with Crippen molar-refractivity contribution in [3.05, 3.63) is 52.9 Å². The fourth-order valence-corrected chi connectivity index (χ4v) is 11.9. The third-order valence-electron chi connectivity index (χ3n) is 12.8. The Labute approximate surface area is 404 Å². The van der Waals surface area contributed by atoms with Gasteiger partial charge in [-0.2, -0.15) is 0 Å². The number of halogens is 3. The molecule has 0 spiro atoms. The number of unbranched alkanes of at least 4 members (excludes halogenated alkanes) is 1. The van der Waals surface area contributed by atoms with E-state index in [4.69, 9.17) is 33.2 Å². The summed E-state index contributed by atoms with van der Waals surface area (Å²) >= 11 is 6.36. The first-order chi connectivity index (χ1) is 30.7. The van der Waals surface area contributed by atoms with Crippen molar-refractivity contribution in [2.24, 2.45) is 5.92 Å². The van der Waals surface area contributed by atoms with E-state index >= 15 is 0 Å². The third kappa shape index (κ3) is 11.6. The van der Waals surface area contributed by atoms with Gasteiger partial charge in [-0.25, -0.2) is 0 Å². The van der Waals surface area contributed by atoms with Crippen LogP contribution in [0.4, 0.5) is 4.79 Å². The van der Waals surface area contributed by atoms with Gasteiger partial charge >= 0.3 is 293 Å². The van der Waals surface area contributed by atoms with E-state index in [-0.39, 0.29) is 59.7 Å². The zero-order chi connectivity index (χ0) is 45.6. The number of para-hydroxylation sites is 1. The molecule has 1 aromatic heterocycles. The molecule has 7 rings (SSSR count). The van der Waals surface area contributed by atoms with E-state index in [1.54, 1.807) is 6.92 Å². The Morgan fingerprint density at radius 2 is 1.88 bits per heavy atom. The monoisotopic (exact) mass is 1130 g/mol. The number of allylic oxidation sites excluding steroid dienone is 2. The van der Waals surface area contributed by atoms with Crippen molar-refractivity contribution >= 4 is 73.8 Å². The van der Waals surface area contributed by atoms with Crippen molar-refractivity contribution in [3.63, 3.8) is 0 Å². The van der Waals surface area contributed by atoms with Crippen LogP contribution in [0.15, 0.2) is 52.9 Å². The number of aromatic nitrogens is 1. The van der Waals surface area contributed by atoms with E-state index in [9.17, 15) is 19.2 Å². The first-order valence-corrected chi connectivity index (χ1v) is 26.9. The number of pyridine rings is 1. The van der Waals surface area contributed by atoms with E-state index in [1.807, 2.05) is 64.0 Å². The second-order valence-electron chi connectivity index (χ2n) is 18.1. The van der Waals surface area contributed by atoms with Crippen molar-refractivity contribution in [2.75, 3.05) is 25.1 Å². The Morgan fingerprint density at radius 1 is 1.09 bits per heavy atom. The molecule has 1 aromatic carbocycles. The molecule has 4 aliphatic heterocycles. The predicted octanol–water partition coefficient (Wildman–Crippen LogP) is 4.72. The van der Waals surface area contributed by atoms with E-state index in [0.29, 0.717) is 35.2 Å². The molecule has 64 heavy (non-hydrogen) atoms. The van der Waals surface area contributed by atoms with Crippen LogP contribution in [0.2, 0.25) is 0 Å². The first-order valence-electron chi connectivity index (χ1n) is 22.7. The fourth-order valence-electron chi connectivity index (χ4n) is 8.36. The summed E-state index contributed by atoms with van der Waals surface area (Å²) in [7, 11) is -0.373. The van der Waals surface area contributed by atoms with Gasteiger partial charge in [0.1, 0.15) is 0 Å². The summed E-state index contributed by atoms with van der Waals surface area (Å²) in [5.74, 6) is 1.75. The molecular formula is C46H61BBr2IN4O10-. The number of ether oxygens (including phenoxy) is 4. The summed E-state index contributed by atoms with van der Waals surface area (Å²) in [5, 5.41) is 7.56. The molecule has 1 aliphatic carbocycles. The van der Waals surface area contributed by atoms with Gasteiger partial charge in [-0.15, -0.1) is 0 Å². The number of carbonyl (C=O) groups is 4. The Kier molecular flexibility index (Phi) is 16.3. The van der Waals surface area contributed by atoms with E-state index < -0.39 is 66.8 Å². The van der Waals surface area contributed by atoms with Crippen LogP contribution in [0, 0.1) is 5.92 Å². The first kappa shape index (κ1) is 49.0. The van der Waals surface area contributed by atoms with Gasteiger partial charge in [0.15, 0.2) is 0 Å². The number of esters is 1. The van der Waals surface area contributed by atoms with Gasteiger partial charge in [-0.05, 0) is 53.4 Å². The predicted molar refractivity (Wildman–Crippen MR) is 246 cm³/mol. The molecule has 0 radical (unpaired) electrons. The minimum atomic E-state index is -1.12. The topological polar surface area (TPSA) is 164 Å². The molecule has 350 valence electrons. The van der Waals surface area contributed by atoms with Gasteiger partial charge in [0.2, 0.25) is 0 Å². The van der Waals surface area contributed by atoms with E-state index in [2.05, 4.69) is 54.6 Å². The molecule has 7 atom stereocenters. The Morgan fingerprint density at radius 3 is 2.64 bits per heavy atom. The summed E-state index contributed by atoms with van der Waals surface area (Å²) in [6.07, 6.45) is 12.6. The van der Waals surface area contributed by atoms with Crippen molar-refractivity contribution in [1.82, 2.24) is 20.5 Å². The van der Waals surface area contributed by atoms with E-state index in [0.717, 1.165) is 62.1 Å². The molecule has 18 heteroatoms. The number of carbonyl (C=O) groups excluding carboxylic acids is 4. The third-order valence-corrected chi connectivity index (χ3v) is 17.8. The summed E-state index contributed by atoms with van der Waals surface area (Å²) in [5.41, 5.74) is -0.0967. The van der Waals surface area contributed by atoms with Crippen LogP contribution in [0.1, 0.15) is 105 Å². The maximum absolute atomic E-state index is 14.8. The van der Waals surface area contributed by atoms with Crippen molar-refractivity contribution in [2.45, 2.75) is 148 Å². The van der Waals surface area contributed by atoms with Gasteiger partial charge in [-0.3, -0.25) is 0 Å². The van der Waals surface area contributed by atoms with Gasteiger partial charge in [-0.1, -0.05) is 34.0 Å². The molecule has 4 fully saturated rings. The fraction of sp³-hybridized carbons (Fsp3) is 0.630. The molecule has 3 amide bonds. The second kappa shape index (κ2) is 21.4. The molecule has 2 N–H and O–H groups in total. The summed E-state index contributed by atoms with van der Waals surface area (Å²) < 4.78 is 35.6. The van der Waals surface area contributed by atoms with Gasteiger partial charge < -0.3 is 9.31 Å². The molecule has 14 nitrogen and oxygen atoms in total. The number of amides is 3. The molecule has 0 bridgehead atoms. The van der Waals surface area contributed by atoms with Gasteiger partial charge in [0, 0.05) is 5.33 Å². The Bertz CT molecular complexity index is 2080. The average Bonchev–Trinajstić information content (AvgIpc) is 4.09. The maximum atomic E-state index is 14.8. The number of nitrogens with zero attached hydrogens (tertiary/aromatic N) is 2. The standard InChI is InChI=1S/C46H61BBr2IN4O10/c1-6-59-42(57)46-36(50-46)22-13-9-7-8-12-21-33(52-43(58)62-35-26-29(35)18-11-10-16-23-47-63-44(2,3)45(4,5)64-47)41(56)54-28-30(27-34(54)39(55)53-46)61-40-37(49)38(60-25-17-24-48)31-19-14-15-20-32(31)51-40/h13-16,19-20,22-23,29-30,33-36H,6-12,17-18,21,24-28H2,1-5H3,(H,52,58)(H,53,55)/q-1/b22-13-,23-16+/t29-,30-,33+,34+,35-,36+,46-/m1/s1. The van der Waals surface area contributed by atoms with Crippen molar-refractivity contribution < 1.29 is 68.6 Å². The molecule has 5 aliphatic rings. The average molecular weight is 1130 g/mol. The number of rotatable bonds is 15. The number of hydrogen-bond donors (Lipinski definition) is 2. The van der Waals surface area contributed by atoms with Crippen LogP contribution in [-0.4, -0.2) is 109 Å². The SMILES string of the molecule is CCOC(=O)[C@]12NC(=O)[C@@H]3C[C@@H](Oc4nc5ccccc5c(OCCCBr)c4Br)CN3C(=O)[C@@H](NC(=O)O[C@@H]3C[C@H]3CCC/C=C/B3OC(C)(C)C(C)(C)O3)CCCCC/C=C\[C@@H]1[I-]2. The van der Waals surface area contributed by atoms with Gasteiger partial charge in [0.25, 0.3) is 0 Å². The Hall–Kier alpha value is -2.94. The summed E-state index contributed by atoms with van der Waals surface area (Å²) in [6.45, 7) is 10.6. The number of fused-ring (bicyclic) bond motifs is 3. The summed E-state index contributed by atoms with van der Waals surface area (Å²) in [4.78, 5) is 62.5. The molecule has 0 unspecified atom stereocenters. The molecular weight excluding hydrogens is 1070 g/mol. The second-order valence-corrected chi connectivity index (χ2v) is 23.3. The Balaban J connectivity index is 1.04. The molecule has 2 aromatic rings. The summed E-state index contributed by atoms with van der Waals surface area (Å²) in [6, 6.07) is 5.67. The quantitative estimate of drug-likeness (QED) is 0.0483. The van der Waals surface area contributed by atoms with Crippen LogP contribution in [-0.2, 0) is 33.2 Å². The van der Waals surface area contributed by atoms with Crippen molar-refractivity contribution in [3.8, 4) is 11.6 Å². The molecule has 1 saturated carbocycles. The normalized spacial score (nSPS) is 29.4. The number of hydrogen-bond acceptors (Lipinski definition) is 11. The van der Waals surface area contributed by atoms with Crippen LogP contribution in [0.5, 0.6) is 11.6 Å².